The van der Waals surface area contributed by atoms with E-state index in [0.29, 0.717) is 24.9 Å². The highest BCUT2D eigenvalue weighted by atomic mass is 16.5. The first-order chi connectivity index (χ1) is 10.3. The number of hydrogen-bond donors (Lipinski definition) is 1. The van der Waals surface area contributed by atoms with Crippen LogP contribution in [0.5, 0.6) is 0 Å². The van der Waals surface area contributed by atoms with Crippen LogP contribution >= 0.6 is 0 Å². The highest BCUT2D eigenvalue weighted by molar-refractivity contribution is 5.91. The maximum atomic E-state index is 5.96. The second-order valence-electron chi connectivity index (χ2n) is 4.60. The molecule has 3 rings (SSSR count). The molecule has 0 aliphatic heterocycles. The lowest BCUT2D eigenvalue weighted by atomic mass is 10.1. The van der Waals surface area contributed by atoms with Crippen LogP contribution in [-0.4, -0.2) is 28.3 Å². The average molecular weight is 284 g/mol. The molecule has 2 aromatic heterocycles. The van der Waals surface area contributed by atoms with Crippen LogP contribution in [0.4, 0.5) is 0 Å². The maximum absolute atomic E-state index is 5.96. The molecule has 6 heteroatoms. The summed E-state index contributed by atoms with van der Waals surface area (Å²) in [7, 11) is 0. The minimum absolute atomic E-state index is 0.368. The van der Waals surface area contributed by atoms with Crippen molar-refractivity contribution in [2.24, 2.45) is 5.73 Å². The van der Waals surface area contributed by atoms with Gasteiger partial charge in [-0.25, -0.2) is 0 Å². The average Bonchev–Trinajstić information content (AvgIpc) is 3.02. The lowest BCUT2D eigenvalue weighted by Gasteiger charge is -2.05. The third-order valence-corrected chi connectivity index (χ3v) is 3.15. The van der Waals surface area contributed by atoms with Crippen LogP contribution in [0.15, 0.2) is 41.1 Å². The van der Waals surface area contributed by atoms with Crippen molar-refractivity contribution in [1.82, 2.24) is 15.1 Å². The van der Waals surface area contributed by atoms with Crippen molar-refractivity contribution < 1.29 is 9.26 Å². The highest BCUT2D eigenvalue weighted by Gasteiger charge is 2.16. The van der Waals surface area contributed by atoms with Gasteiger partial charge in [-0.1, -0.05) is 23.4 Å². The van der Waals surface area contributed by atoms with Gasteiger partial charge in [0.25, 0.3) is 5.89 Å². The van der Waals surface area contributed by atoms with Crippen molar-refractivity contribution >= 4 is 10.9 Å². The number of ether oxygens (including phenoxy) is 1. The van der Waals surface area contributed by atoms with Crippen LogP contribution in [-0.2, 0) is 4.74 Å². The number of fused-ring (bicyclic) bond motifs is 1. The van der Waals surface area contributed by atoms with E-state index in [4.69, 9.17) is 15.0 Å². The van der Waals surface area contributed by atoms with Gasteiger partial charge in [0.2, 0.25) is 0 Å². The van der Waals surface area contributed by atoms with Crippen LogP contribution < -0.4 is 5.73 Å². The monoisotopic (exact) mass is 284 g/mol. The molecule has 0 amide bonds. The molecule has 2 N–H and O–H groups in total. The third kappa shape index (κ3) is 2.76. The zero-order chi connectivity index (χ0) is 14.7. The van der Waals surface area contributed by atoms with Gasteiger partial charge in [-0.15, -0.1) is 0 Å². The molecular weight excluding hydrogens is 268 g/mol. The van der Waals surface area contributed by atoms with Gasteiger partial charge >= 0.3 is 0 Å². The summed E-state index contributed by atoms with van der Waals surface area (Å²) in [6.45, 7) is 2.89. The Morgan fingerprint density at radius 2 is 2.14 bits per heavy atom. The van der Waals surface area contributed by atoms with Gasteiger partial charge in [0.05, 0.1) is 23.7 Å². The van der Waals surface area contributed by atoms with E-state index in [9.17, 15) is 0 Å². The molecule has 2 heterocycles. The largest absolute Gasteiger partial charge is 0.380 e. The molecule has 0 saturated carbocycles. The predicted molar refractivity (Wildman–Crippen MR) is 78.5 cm³/mol. The number of benzene rings is 1. The molecule has 0 aliphatic carbocycles. The van der Waals surface area contributed by atoms with Gasteiger partial charge in [-0.2, -0.15) is 4.98 Å². The van der Waals surface area contributed by atoms with Crippen molar-refractivity contribution in [2.75, 3.05) is 13.2 Å². The quantitative estimate of drug-likeness (QED) is 0.773. The van der Waals surface area contributed by atoms with Crippen LogP contribution in [0.25, 0.3) is 22.4 Å². The first kappa shape index (κ1) is 13.7. The number of para-hydroxylation sites is 1. The van der Waals surface area contributed by atoms with Gasteiger partial charge in [0.15, 0.2) is 5.82 Å². The van der Waals surface area contributed by atoms with Gasteiger partial charge in [0, 0.05) is 18.2 Å². The first-order valence-corrected chi connectivity index (χ1v) is 6.80. The topological polar surface area (TPSA) is 87.1 Å². The van der Waals surface area contributed by atoms with Crippen LogP contribution in [0.2, 0.25) is 0 Å². The van der Waals surface area contributed by atoms with Gasteiger partial charge < -0.3 is 15.0 Å². The van der Waals surface area contributed by atoms with E-state index in [-0.39, 0.29) is 0 Å². The summed E-state index contributed by atoms with van der Waals surface area (Å²) >= 11 is 0. The normalized spacial score (nSPS) is 12.7. The van der Waals surface area contributed by atoms with Crippen LogP contribution in [0, 0.1) is 0 Å². The molecule has 108 valence electrons. The minimum atomic E-state index is -0.393. The molecule has 21 heavy (non-hydrogen) atoms. The zero-order valence-electron chi connectivity index (χ0n) is 11.7. The number of nitrogens with zero attached hydrogens (tertiary/aromatic N) is 3. The second-order valence-corrected chi connectivity index (χ2v) is 4.60. The molecule has 1 unspecified atom stereocenters. The molecule has 0 fully saturated rings. The Hall–Kier alpha value is -2.31. The molecule has 0 radical (unpaired) electrons. The fraction of sp³-hybridized carbons (Fsp3) is 0.267. The summed E-state index contributed by atoms with van der Waals surface area (Å²) in [5.41, 5.74) is 7.70. The smallest absolute Gasteiger partial charge is 0.258 e. The first-order valence-electron chi connectivity index (χ1n) is 6.80. The second kappa shape index (κ2) is 5.99. The van der Waals surface area contributed by atoms with Gasteiger partial charge in [-0.3, -0.25) is 4.98 Å². The Balaban J connectivity index is 1.95. The number of pyridine rings is 1. The van der Waals surface area contributed by atoms with E-state index < -0.39 is 6.04 Å². The van der Waals surface area contributed by atoms with E-state index >= 15 is 0 Å². The fourth-order valence-corrected chi connectivity index (χ4v) is 2.10. The number of aromatic nitrogens is 3. The number of rotatable bonds is 5. The lowest BCUT2D eigenvalue weighted by molar-refractivity contribution is 0.130. The SMILES string of the molecule is CCOCC(N)c1noc(-c2ccnc3ccccc23)n1. The van der Waals surface area contributed by atoms with Crippen molar-refractivity contribution in [2.45, 2.75) is 13.0 Å². The molecule has 0 saturated heterocycles. The van der Waals surface area contributed by atoms with E-state index in [2.05, 4.69) is 15.1 Å². The number of nitrogens with two attached hydrogens (primary N) is 1. The highest BCUT2D eigenvalue weighted by Crippen LogP contribution is 2.26. The van der Waals surface area contributed by atoms with Crippen LogP contribution in [0.1, 0.15) is 18.8 Å². The standard InChI is InChI=1S/C15H16N4O2/c1-2-20-9-12(16)14-18-15(21-19-14)11-7-8-17-13-6-4-3-5-10(11)13/h3-8,12H,2,9,16H2,1H3. The molecule has 1 aromatic carbocycles. The Morgan fingerprint density at radius 1 is 1.29 bits per heavy atom. The molecule has 1 atom stereocenters. The van der Waals surface area contributed by atoms with E-state index in [0.717, 1.165) is 16.5 Å². The Kier molecular flexibility index (Phi) is 3.89. The summed E-state index contributed by atoms with van der Waals surface area (Å²) in [5, 5.41) is 4.91. The summed E-state index contributed by atoms with van der Waals surface area (Å²) in [6, 6.07) is 9.27. The molecule has 3 aromatic rings. The zero-order valence-corrected chi connectivity index (χ0v) is 11.7. The Labute approximate surface area is 121 Å². The van der Waals surface area contributed by atoms with Crippen molar-refractivity contribution in [1.29, 1.82) is 0 Å². The maximum Gasteiger partial charge on any atom is 0.258 e. The third-order valence-electron chi connectivity index (χ3n) is 3.15. The summed E-state index contributed by atoms with van der Waals surface area (Å²) in [4.78, 5) is 8.69. The lowest BCUT2D eigenvalue weighted by Crippen LogP contribution is -2.18. The van der Waals surface area contributed by atoms with E-state index in [1.807, 2.05) is 37.3 Å². The molecule has 0 bridgehead atoms. The summed E-state index contributed by atoms with van der Waals surface area (Å²) in [6.07, 6.45) is 1.72. The molecule has 6 nitrogen and oxygen atoms in total. The number of hydrogen-bond acceptors (Lipinski definition) is 6. The van der Waals surface area contributed by atoms with Gasteiger partial charge in [-0.05, 0) is 19.1 Å². The Morgan fingerprint density at radius 3 is 3.00 bits per heavy atom. The van der Waals surface area contributed by atoms with Crippen molar-refractivity contribution in [3.8, 4) is 11.5 Å². The predicted octanol–water partition coefficient (Wildman–Crippen LogP) is 2.32. The Bertz CT molecular complexity index is 736. The van der Waals surface area contributed by atoms with Gasteiger partial charge in [0.1, 0.15) is 0 Å². The molecule has 0 aliphatic rings. The molecule has 0 spiro atoms. The van der Waals surface area contributed by atoms with E-state index in [1.54, 1.807) is 6.20 Å². The fourth-order valence-electron chi connectivity index (χ4n) is 2.10. The van der Waals surface area contributed by atoms with Crippen molar-refractivity contribution in [3.63, 3.8) is 0 Å². The van der Waals surface area contributed by atoms with E-state index in [1.165, 1.54) is 0 Å². The summed E-state index contributed by atoms with van der Waals surface area (Å²) < 4.78 is 10.6. The van der Waals surface area contributed by atoms with Crippen molar-refractivity contribution in [3.05, 3.63) is 42.4 Å². The summed E-state index contributed by atoms with van der Waals surface area (Å²) in [5.74, 6) is 0.884. The minimum Gasteiger partial charge on any atom is -0.380 e. The molecular formula is C15H16N4O2. The van der Waals surface area contributed by atoms with Crippen LogP contribution in [0.3, 0.4) is 0 Å².